The minimum atomic E-state index is 0.354. The Hall–Kier alpha value is -1.12. The van der Waals surface area contributed by atoms with Gasteiger partial charge < -0.3 is 0 Å². The second-order valence-electron chi connectivity index (χ2n) is 1.45. The van der Waals surface area contributed by atoms with Crippen LogP contribution in [0.25, 0.3) is 0 Å². The van der Waals surface area contributed by atoms with Crippen LogP contribution < -0.4 is 0 Å². The molecule has 1 heterocycles. The maximum atomic E-state index is 9.91. The highest BCUT2D eigenvalue weighted by Crippen LogP contribution is 1.84. The zero-order valence-electron chi connectivity index (χ0n) is 4.46. The first-order chi connectivity index (χ1) is 3.83. The Morgan fingerprint density at radius 2 is 2.75 bits per heavy atom. The Morgan fingerprint density at radius 1 is 2.00 bits per heavy atom. The first-order valence-electron chi connectivity index (χ1n) is 2.19. The van der Waals surface area contributed by atoms with Gasteiger partial charge in [0, 0.05) is 19.3 Å². The second-order valence-corrected chi connectivity index (χ2v) is 1.45. The van der Waals surface area contributed by atoms with Crippen molar-refractivity contribution in [2.24, 2.45) is 7.05 Å². The van der Waals surface area contributed by atoms with E-state index in [0.717, 1.165) is 0 Å². The molecule has 0 aliphatic carbocycles. The number of carbonyl (C=O) groups excluding carboxylic acids is 1. The van der Waals surface area contributed by atoms with Gasteiger partial charge in [0.05, 0.1) is 0 Å². The minimum absolute atomic E-state index is 0.354. The van der Waals surface area contributed by atoms with E-state index < -0.39 is 0 Å². The van der Waals surface area contributed by atoms with E-state index >= 15 is 0 Å². The summed E-state index contributed by atoms with van der Waals surface area (Å²) in [5.41, 5.74) is 0.354. The largest absolute Gasteiger partial charge is 0.296 e. The summed E-state index contributed by atoms with van der Waals surface area (Å²) in [5.74, 6) is 0. The molecule has 3 heteroatoms. The van der Waals surface area contributed by atoms with Gasteiger partial charge in [0.15, 0.2) is 6.29 Å². The van der Waals surface area contributed by atoms with Crippen LogP contribution in [-0.4, -0.2) is 16.1 Å². The number of aryl methyl sites for hydroxylation is 1. The van der Waals surface area contributed by atoms with Crippen LogP contribution >= 0.6 is 0 Å². The van der Waals surface area contributed by atoms with Crippen molar-refractivity contribution in [2.75, 3.05) is 0 Å². The molecule has 0 unspecified atom stereocenters. The zero-order chi connectivity index (χ0) is 5.98. The Labute approximate surface area is 46.9 Å². The summed E-state index contributed by atoms with van der Waals surface area (Å²) in [5, 5.41) is 3.72. The fourth-order valence-corrected chi connectivity index (χ4v) is 0.445. The number of carbonyl (C=O) groups is 1. The highest BCUT2D eigenvalue weighted by atomic mass is 16.1. The van der Waals surface area contributed by atoms with Gasteiger partial charge in [-0.2, -0.15) is 5.10 Å². The predicted molar refractivity (Wildman–Crippen MR) is 27.4 cm³/mol. The standard InChI is InChI=1S/C5H5N2O/c1-7-3-2-5(4-8)6-7/h3-4H,1H3. The van der Waals surface area contributed by atoms with Gasteiger partial charge in [0.1, 0.15) is 5.69 Å². The van der Waals surface area contributed by atoms with E-state index in [-0.39, 0.29) is 0 Å². The molecule has 8 heavy (non-hydrogen) atoms. The quantitative estimate of drug-likeness (QED) is 0.477. The molecule has 3 nitrogen and oxygen atoms in total. The van der Waals surface area contributed by atoms with Crippen LogP contribution in [0.1, 0.15) is 10.5 Å². The predicted octanol–water partition coefficient (Wildman–Crippen LogP) is 0.0328. The minimum Gasteiger partial charge on any atom is -0.296 e. The lowest BCUT2D eigenvalue weighted by atomic mass is 10.5. The van der Waals surface area contributed by atoms with Gasteiger partial charge in [-0.25, -0.2) is 0 Å². The Kier molecular flexibility index (Phi) is 1.12. The van der Waals surface area contributed by atoms with E-state index in [4.69, 9.17) is 0 Å². The van der Waals surface area contributed by atoms with E-state index in [1.165, 1.54) is 4.68 Å². The zero-order valence-corrected chi connectivity index (χ0v) is 4.46. The van der Waals surface area contributed by atoms with Crippen LogP contribution in [0.2, 0.25) is 0 Å². The van der Waals surface area contributed by atoms with Gasteiger partial charge in [0.2, 0.25) is 0 Å². The van der Waals surface area contributed by atoms with Crippen molar-refractivity contribution in [2.45, 2.75) is 0 Å². The lowest BCUT2D eigenvalue weighted by molar-refractivity contribution is 0.111. The fraction of sp³-hybridized carbons (Fsp3) is 0.200. The van der Waals surface area contributed by atoms with Crippen LogP contribution in [0.3, 0.4) is 0 Å². The third-order valence-electron chi connectivity index (χ3n) is 0.776. The number of hydrogen-bond acceptors (Lipinski definition) is 2. The summed E-state index contributed by atoms with van der Waals surface area (Å²) in [6, 6.07) is 2.64. The number of rotatable bonds is 1. The maximum Gasteiger partial charge on any atom is 0.170 e. The molecule has 1 aromatic heterocycles. The normalized spacial score (nSPS) is 9.12. The summed E-state index contributed by atoms with van der Waals surface area (Å²) in [4.78, 5) is 9.91. The number of aromatic nitrogens is 2. The molecular weight excluding hydrogens is 104 g/mol. The van der Waals surface area contributed by atoms with Crippen molar-refractivity contribution in [3.05, 3.63) is 18.0 Å². The third kappa shape index (κ3) is 0.753. The van der Waals surface area contributed by atoms with E-state index in [1.807, 2.05) is 0 Å². The first kappa shape index (κ1) is 5.03. The summed E-state index contributed by atoms with van der Waals surface area (Å²) in [6.45, 7) is 0. The van der Waals surface area contributed by atoms with Crippen LogP contribution in [0.15, 0.2) is 6.20 Å². The van der Waals surface area contributed by atoms with Crippen molar-refractivity contribution in [1.82, 2.24) is 9.78 Å². The second kappa shape index (κ2) is 1.78. The van der Waals surface area contributed by atoms with Gasteiger partial charge in [-0.1, -0.05) is 0 Å². The first-order valence-corrected chi connectivity index (χ1v) is 2.19. The van der Waals surface area contributed by atoms with Crippen LogP contribution in [0, 0.1) is 6.07 Å². The third-order valence-corrected chi connectivity index (χ3v) is 0.776. The molecular formula is C5H5N2O. The fourth-order valence-electron chi connectivity index (χ4n) is 0.445. The van der Waals surface area contributed by atoms with Crippen molar-refractivity contribution in [3.63, 3.8) is 0 Å². The van der Waals surface area contributed by atoms with Crippen molar-refractivity contribution >= 4 is 6.29 Å². The Morgan fingerprint density at radius 3 is 3.00 bits per heavy atom. The average molecular weight is 109 g/mol. The summed E-state index contributed by atoms with van der Waals surface area (Å²) >= 11 is 0. The molecule has 1 radical (unpaired) electrons. The number of aldehydes is 1. The van der Waals surface area contributed by atoms with E-state index in [1.54, 1.807) is 13.2 Å². The molecule has 0 fully saturated rings. The van der Waals surface area contributed by atoms with E-state index in [0.29, 0.717) is 12.0 Å². The van der Waals surface area contributed by atoms with Gasteiger partial charge in [0.25, 0.3) is 0 Å². The van der Waals surface area contributed by atoms with Gasteiger partial charge >= 0.3 is 0 Å². The van der Waals surface area contributed by atoms with Crippen LogP contribution in [-0.2, 0) is 7.05 Å². The van der Waals surface area contributed by atoms with E-state index in [9.17, 15) is 4.79 Å². The van der Waals surface area contributed by atoms with Crippen LogP contribution in [0.4, 0.5) is 0 Å². The number of nitrogens with zero attached hydrogens (tertiary/aromatic N) is 2. The molecule has 0 saturated carbocycles. The molecule has 0 N–H and O–H groups in total. The highest BCUT2D eigenvalue weighted by Gasteiger charge is 1.89. The molecule has 0 aliphatic heterocycles. The van der Waals surface area contributed by atoms with Crippen molar-refractivity contribution < 1.29 is 4.79 Å². The molecule has 0 aliphatic rings. The lowest BCUT2D eigenvalue weighted by Crippen LogP contribution is -1.88. The summed E-state index contributed by atoms with van der Waals surface area (Å²) in [7, 11) is 1.74. The highest BCUT2D eigenvalue weighted by molar-refractivity contribution is 5.70. The monoisotopic (exact) mass is 109 g/mol. The molecule has 1 aromatic rings. The average Bonchev–Trinajstić information content (AvgIpc) is 2.14. The molecule has 0 aromatic carbocycles. The number of hydrogen-bond donors (Lipinski definition) is 0. The molecule has 0 saturated heterocycles. The molecule has 0 spiro atoms. The Bertz CT molecular complexity index is 192. The van der Waals surface area contributed by atoms with Gasteiger partial charge in [-0.3, -0.25) is 9.48 Å². The molecule has 0 bridgehead atoms. The molecule has 0 atom stereocenters. The molecule has 0 amide bonds. The lowest BCUT2D eigenvalue weighted by Gasteiger charge is -1.79. The van der Waals surface area contributed by atoms with Gasteiger partial charge in [-0.05, 0) is 0 Å². The van der Waals surface area contributed by atoms with Gasteiger partial charge in [-0.15, -0.1) is 0 Å². The smallest absolute Gasteiger partial charge is 0.170 e. The van der Waals surface area contributed by atoms with Crippen LogP contribution in [0.5, 0.6) is 0 Å². The van der Waals surface area contributed by atoms with Crippen molar-refractivity contribution in [3.8, 4) is 0 Å². The van der Waals surface area contributed by atoms with E-state index in [2.05, 4.69) is 11.2 Å². The Balaban J connectivity index is 3.00. The maximum absolute atomic E-state index is 9.91. The molecule has 1 rings (SSSR count). The van der Waals surface area contributed by atoms with Crippen molar-refractivity contribution in [1.29, 1.82) is 0 Å². The summed E-state index contributed by atoms with van der Waals surface area (Å²) < 4.78 is 1.53. The summed E-state index contributed by atoms with van der Waals surface area (Å²) in [6.07, 6.45) is 2.27. The SMILES string of the molecule is Cn1c[c]c(C=O)n1. The topological polar surface area (TPSA) is 34.9 Å². The molecule has 41 valence electrons.